The molecule has 3 N–H and O–H groups in total. The van der Waals surface area contributed by atoms with E-state index in [-0.39, 0.29) is 35.9 Å². The van der Waals surface area contributed by atoms with Crippen molar-refractivity contribution in [1.29, 1.82) is 0 Å². The Morgan fingerprint density at radius 3 is 2.77 bits per heavy atom. The Kier molecular flexibility index (Phi) is 4.69. The van der Waals surface area contributed by atoms with E-state index in [9.17, 15) is 23.1 Å². The van der Waals surface area contributed by atoms with E-state index in [0.717, 1.165) is 31.0 Å². The highest BCUT2D eigenvalue weighted by Gasteiger charge is 2.35. The van der Waals surface area contributed by atoms with Crippen LogP contribution in [0.15, 0.2) is 30.5 Å². The van der Waals surface area contributed by atoms with Gasteiger partial charge < -0.3 is 20.6 Å². The zero-order valence-electron chi connectivity index (χ0n) is 16.2. The average Bonchev–Trinajstić information content (AvgIpc) is 3.38. The van der Waals surface area contributed by atoms with Crippen molar-refractivity contribution in [3.63, 3.8) is 0 Å². The van der Waals surface area contributed by atoms with Gasteiger partial charge in [0, 0.05) is 24.3 Å². The Bertz CT molecular complexity index is 1170. The van der Waals surface area contributed by atoms with Gasteiger partial charge in [0.1, 0.15) is 23.1 Å². The Morgan fingerprint density at radius 2 is 2.00 bits per heavy atom. The topological polar surface area (TPSA) is 94.8 Å². The number of nitrogens with one attached hydrogen (secondary N) is 2. The number of carbonyl (C=O) groups excluding carboxylic acids is 1. The highest BCUT2D eigenvalue weighted by Crippen LogP contribution is 2.37. The molecule has 1 saturated heterocycles. The monoisotopic (exact) mass is 432 g/mol. The molecule has 2 fully saturated rings. The van der Waals surface area contributed by atoms with Crippen LogP contribution in [0.1, 0.15) is 30.9 Å². The number of amides is 2. The highest BCUT2D eigenvalue weighted by atomic mass is 19.1. The van der Waals surface area contributed by atoms with Crippen LogP contribution >= 0.6 is 0 Å². The van der Waals surface area contributed by atoms with E-state index in [1.165, 1.54) is 16.8 Å². The molecule has 2 aliphatic rings. The largest absolute Gasteiger partial charge is 0.391 e. The molecule has 1 aliphatic carbocycles. The average molecular weight is 432 g/mol. The third kappa shape index (κ3) is 3.76. The molecule has 0 bridgehead atoms. The van der Waals surface area contributed by atoms with Gasteiger partial charge in [-0.3, -0.25) is 0 Å². The van der Waals surface area contributed by atoms with E-state index in [0.29, 0.717) is 5.82 Å². The van der Waals surface area contributed by atoms with E-state index in [4.69, 9.17) is 0 Å². The van der Waals surface area contributed by atoms with Crippen molar-refractivity contribution in [1.82, 2.24) is 19.9 Å². The summed E-state index contributed by atoms with van der Waals surface area (Å²) in [4.78, 5) is 18.1. The summed E-state index contributed by atoms with van der Waals surface area (Å²) in [7, 11) is 0. The second kappa shape index (κ2) is 7.41. The normalized spacial score (nSPS) is 21.0. The van der Waals surface area contributed by atoms with E-state index in [1.54, 1.807) is 4.90 Å². The van der Waals surface area contributed by atoms with E-state index >= 15 is 0 Å². The second-order valence-corrected chi connectivity index (χ2v) is 7.82. The quantitative estimate of drug-likeness (QED) is 0.590. The number of anilines is 2. The lowest BCUT2D eigenvalue weighted by Crippen LogP contribution is -2.30. The Balaban J connectivity index is 1.50. The van der Waals surface area contributed by atoms with Crippen LogP contribution in [0.5, 0.6) is 0 Å². The van der Waals surface area contributed by atoms with Crippen LogP contribution in [0, 0.1) is 17.6 Å². The first-order valence-corrected chi connectivity index (χ1v) is 9.91. The molecule has 0 unspecified atom stereocenters. The lowest BCUT2D eigenvalue weighted by molar-refractivity contribution is 0.194. The van der Waals surface area contributed by atoms with E-state index < -0.39 is 35.8 Å². The molecule has 0 radical (unpaired) electrons. The number of aromatic nitrogens is 3. The Morgan fingerprint density at radius 1 is 1.19 bits per heavy atom. The fraction of sp³-hybridized carbons (Fsp3) is 0.350. The molecule has 2 aromatic heterocycles. The van der Waals surface area contributed by atoms with Crippen LogP contribution in [0.2, 0.25) is 0 Å². The molecule has 1 aliphatic heterocycles. The first kappa shape index (κ1) is 19.6. The predicted molar refractivity (Wildman–Crippen MR) is 105 cm³/mol. The fourth-order valence-electron chi connectivity index (χ4n) is 3.85. The van der Waals surface area contributed by atoms with Crippen LogP contribution in [0.3, 0.4) is 0 Å². The molecular formula is C20H19F3N6O2. The molecule has 0 spiro atoms. The molecule has 8 nitrogen and oxygen atoms in total. The van der Waals surface area contributed by atoms with Gasteiger partial charge in [-0.2, -0.15) is 4.39 Å². The van der Waals surface area contributed by atoms with Crippen molar-refractivity contribution in [3.05, 3.63) is 53.6 Å². The SMILES string of the molecule is O=C(Nc1c(F)nn2ccc(N3C[C@@H](O)C[C@@H]3c3cc(F)ccc3F)nc12)NC1CC1. The second-order valence-electron chi connectivity index (χ2n) is 7.82. The van der Waals surface area contributed by atoms with Crippen molar-refractivity contribution in [2.75, 3.05) is 16.8 Å². The van der Waals surface area contributed by atoms with E-state index in [2.05, 4.69) is 20.7 Å². The maximum atomic E-state index is 14.4. The zero-order valence-corrected chi connectivity index (χ0v) is 16.2. The van der Waals surface area contributed by atoms with Crippen LogP contribution in [0.4, 0.5) is 29.5 Å². The smallest absolute Gasteiger partial charge is 0.319 e. The van der Waals surface area contributed by atoms with Gasteiger partial charge in [0.2, 0.25) is 0 Å². The number of nitrogens with zero attached hydrogens (tertiary/aromatic N) is 4. The third-order valence-electron chi connectivity index (χ3n) is 5.47. The number of aliphatic hydroxyl groups excluding tert-OH is 1. The van der Waals surface area contributed by atoms with Gasteiger partial charge in [-0.15, -0.1) is 5.10 Å². The minimum Gasteiger partial charge on any atom is -0.391 e. The summed E-state index contributed by atoms with van der Waals surface area (Å²) in [5.41, 5.74) is -0.0332. The van der Waals surface area contributed by atoms with Crippen LogP contribution in [0.25, 0.3) is 5.65 Å². The molecule has 162 valence electrons. The summed E-state index contributed by atoms with van der Waals surface area (Å²) < 4.78 is 43.7. The fourth-order valence-corrected chi connectivity index (χ4v) is 3.85. The zero-order chi connectivity index (χ0) is 21.7. The van der Waals surface area contributed by atoms with Gasteiger partial charge in [0.05, 0.1) is 12.1 Å². The molecule has 31 heavy (non-hydrogen) atoms. The number of hydrogen-bond donors (Lipinski definition) is 3. The molecule has 2 atom stereocenters. The van der Waals surface area contributed by atoms with Crippen LogP contribution < -0.4 is 15.5 Å². The molecule has 2 amide bonds. The van der Waals surface area contributed by atoms with Gasteiger partial charge in [0.25, 0.3) is 5.95 Å². The van der Waals surface area contributed by atoms with E-state index in [1.807, 2.05) is 0 Å². The molecule has 1 aromatic carbocycles. The molecule has 1 saturated carbocycles. The van der Waals surface area contributed by atoms with Crippen molar-refractivity contribution in [3.8, 4) is 0 Å². The molecule has 3 aromatic rings. The first-order chi connectivity index (χ1) is 14.9. The van der Waals surface area contributed by atoms with Gasteiger partial charge in [-0.25, -0.2) is 23.1 Å². The lowest BCUT2D eigenvalue weighted by Gasteiger charge is -2.26. The maximum Gasteiger partial charge on any atom is 0.319 e. The summed E-state index contributed by atoms with van der Waals surface area (Å²) in [6.07, 6.45) is 2.60. The number of halogens is 3. The highest BCUT2D eigenvalue weighted by molar-refractivity contribution is 5.93. The van der Waals surface area contributed by atoms with Crippen LogP contribution in [-0.4, -0.2) is 44.4 Å². The number of urea groups is 1. The predicted octanol–water partition coefficient (Wildman–Crippen LogP) is 2.74. The summed E-state index contributed by atoms with van der Waals surface area (Å²) in [5.74, 6) is -1.78. The molecule has 5 rings (SSSR count). The van der Waals surface area contributed by atoms with Crippen molar-refractivity contribution < 1.29 is 23.1 Å². The van der Waals surface area contributed by atoms with Crippen molar-refractivity contribution >= 4 is 23.2 Å². The van der Waals surface area contributed by atoms with Crippen LogP contribution in [-0.2, 0) is 0 Å². The Labute approximate surface area is 174 Å². The summed E-state index contributed by atoms with van der Waals surface area (Å²) in [6.45, 7) is 0.130. The minimum atomic E-state index is -0.898. The standard InChI is InChI=1S/C20H19F3N6O2/c21-10-1-4-14(22)13(7-10)15-8-12(30)9-28(15)16-5-6-29-19(25-16)17(18(23)27-29)26-20(31)24-11-2-3-11/h1,4-7,11-12,15,30H,2-3,8-9H2,(H2,24,26,31)/t12-,15+/m0/s1. The number of fused-ring (bicyclic) bond motifs is 1. The number of β-amino-alcohol motifs (C(OH)–C–C–N with tert-alkyl or cyclic N) is 1. The van der Waals surface area contributed by atoms with Gasteiger partial charge in [-0.1, -0.05) is 0 Å². The summed E-state index contributed by atoms with van der Waals surface area (Å²) in [6, 6.07) is 3.56. The number of aliphatic hydroxyl groups is 1. The first-order valence-electron chi connectivity index (χ1n) is 9.91. The number of hydrogen-bond acceptors (Lipinski definition) is 5. The summed E-state index contributed by atoms with van der Waals surface area (Å²) >= 11 is 0. The summed E-state index contributed by atoms with van der Waals surface area (Å²) in [5, 5.41) is 19.1. The molecular weight excluding hydrogens is 413 g/mol. The third-order valence-corrected chi connectivity index (χ3v) is 5.47. The van der Waals surface area contributed by atoms with Crippen molar-refractivity contribution in [2.45, 2.75) is 37.5 Å². The van der Waals surface area contributed by atoms with Gasteiger partial charge in [-0.05, 0) is 43.5 Å². The Hall–Kier alpha value is -3.34. The van der Waals surface area contributed by atoms with Crippen molar-refractivity contribution in [2.24, 2.45) is 0 Å². The van der Waals surface area contributed by atoms with Gasteiger partial charge in [0.15, 0.2) is 5.65 Å². The number of benzene rings is 1. The number of rotatable bonds is 4. The maximum absolute atomic E-state index is 14.4. The molecule has 3 heterocycles. The molecule has 11 heteroatoms. The lowest BCUT2D eigenvalue weighted by atomic mass is 10.0. The van der Waals surface area contributed by atoms with Gasteiger partial charge >= 0.3 is 6.03 Å². The number of carbonyl (C=O) groups is 1. The minimum absolute atomic E-state index is 0.0563.